The number of nitrogens with one attached hydrogen (secondary N) is 2. The molecule has 27 heavy (non-hydrogen) atoms. The van der Waals surface area contributed by atoms with Crippen LogP contribution in [-0.2, 0) is 27.4 Å². The van der Waals surface area contributed by atoms with E-state index in [1.165, 1.54) is 19.1 Å². The molecule has 0 bridgehead atoms. The molecule has 0 aliphatic carbocycles. The topological polar surface area (TPSA) is 75.3 Å². The lowest BCUT2D eigenvalue weighted by atomic mass is 10.1. The smallest absolute Gasteiger partial charge is 0.356 e. The van der Waals surface area contributed by atoms with Crippen LogP contribution in [0.25, 0.3) is 0 Å². The van der Waals surface area contributed by atoms with Crippen molar-refractivity contribution < 1.29 is 26.4 Å². The third-order valence-corrected chi connectivity index (χ3v) is 5.27. The van der Waals surface area contributed by atoms with Gasteiger partial charge >= 0.3 is 6.18 Å². The van der Waals surface area contributed by atoms with Crippen molar-refractivity contribution in [3.8, 4) is 0 Å². The SMILES string of the molecule is CC(=O)NCCc1ccc(S(=O)(=O)Nc2ccc(Cl)c(C(F)(F)F)c2)cc1. The number of hydrogen-bond donors (Lipinski definition) is 2. The first kappa shape index (κ1) is 21.0. The number of benzene rings is 2. The van der Waals surface area contributed by atoms with E-state index in [1.54, 1.807) is 12.1 Å². The highest BCUT2D eigenvalue weighted by molar-refractivity contribution is 7.92. The van der Waals surface area contributed by atoms with Crippen molar-refractivity contribution in [2.24, 2.45) is 0 Å². The molecular formula is C17H16ClF3N2O3S. The van der Waals surface area contributed by atoms with Gasteiger partial charge < -0.3 is 5.32 Å². The van der Waals surface area contributed by atoms with Crippen molar-refractivity contribution in [2.75, 3.05) is 11.3 Å². The number of rotatable bonds is 6. The van der Waals surface area contributed by atoms with Crippen LogP contribution in [0.2, 0.25) is 5.02 Å². The van der Waals surface area contributed by atoms with Gasteiger partial charge in [0.15, 0.2) is 0 Å². The molecule has 1 amide bonds. The number of carbonyl (C=O) groups excluding carboxylic acids is 1. The lowest BCUT2D eigenvalue weighted by molar-refractivity contribution is -0.137. The molecule has 2 N–H and O–H groups in total. The number of hydrogen-bond acceptors (Lipinski definition) is 3. The summed E-state index contributed by atoms with van der Waals surface area (Å²) in [5.41, 5.74) is -0.576. The van der Waals surface area contributed by atoms with Gasteiger partial charge in [-0.3, -0.25) is 9.52 Å². The molecule has 0 unspecified atom stereocenters. The molecule has 10 heteroatoms. The minimum atomic E-state index is -4.70. The molecule has 0 saturated heterocycles. The highest BCUT2D eigenvalue weighted by Gasteiger charge is 2.33. The number of carbonyl (C=O) groups is 1. The Kier molecular flexibility index (Phi) is 6.38. The Morgan fingerprint density at radius 3 is 2.30 bits per heavy atom. The molecule has 0 aromatic heterocycles. The van der Waals surface area contributed by atoms with Crippen LogP contribution < -0.4 is 10.0 Å². The molecule has 0 atom stereocenters. The van der Waals surface area contributed by atoms with Crippen LogP contribution in [0.4, 0.5) is 18.9 Å². The summed E-state index contributed by atoms with van der Waals surface area (Å²) in [7, 11) is -4.07. The quantitative estimate of drug-likeness (QED) is 0.745. The molecule has 0 spiro atoms. The van der Waals surface area contributed by atoms with E-state index in [0.717, 1.165) is 17.7 Å². The van der Waals surface area contributed by atoms with Crippen molar-refractivity contribution in [2.45, 2.75) is 24.4 Å². The van der Waals surface area contributed by atoms with E-state index in [1.807, 2.05) is 0 Å². The average molecular weight is 421 g/mol. The molecule has 2 aromatic carbocycles. The van der Waals surface area contributed by atoms with E-state index in [-0.39, 0.29) is 16.5 Å². The van der Waals surface area contributed by atoms with Gasteiger partial charge in [-0.25, -0.2) is 8.42 Å². The summed E-state index contributed by atoms with van der Waals surface area (Å²) in [5, 5.41) is 2.10. The lowest BCUT2D eigenvalue weighted by Gasteiger charge is -2.13. The highest BCUT2D eigenvalue weighted by atomic mass is 35.5. The Morgan fingerprint density at radius 1 is 1.11 bits per heavy atom. The number of amides is 1. The van der Waals surface area contributed by atoms with Crippen molar-refractivity contribution in [1.82, 2.24) is 5.32 Å². The number of halogens is 4. The van der Waals surface area contributed by atoms with Gasteiger partial charge in [-0.05, 0) is 42.3 Å². The van der Waals surface area contributed by atoms with Gasteiger partial charge in [0.05, 0.1) is 15.5 Å². The molecule has 0 fully saturated rings. The largest absolute Gasteiger partial charge is 0.417 e. The maximum absolute atomic E-state index is 12.9. The predicted octanol–water partition coefficient (Wildman–Crippen LogP) is 3.84. The number of alkyl halides is 3. The van der Waals surface area contributed by atoms with Gasteiger partial charge in [-0.15, -0.1) is 0 Å². The van der Waals surface area contributed by atoms with Gasteiger partial charge in [0.2, 0.25) is 5.91 Å². The van der Waals surface area contributed by atoms with Crippen molar-refractivity contribution >= 4 is 33.2 Å². The monoisotopic (exact) mass is 420 g/mol. The lowest BCUT2D eigenvalue weighted by Crippen LogP contribution is -2.22. The van der Waals surface area contributed by atoms with Crippen molar-refractivity contribution in [3.05, 3.63) is 58.6 Å². The maximum Gasteiger partial charge on any atom is 0.417 e. The third-order valence-electron chi connectivity index (χ3n) is 3.55. The van der Waals surface area contributed by atoms with E-state index in [2.05, 4.69) is 10.0 Å². The third kappa shape index (κ3) is 5.86. The van der Waals surface area contributed by atoms with Crippen LogP contribution >= 0.6 is 11.6 Å². The van der Waals surface area contributed by atoms with E-state index >= 15 is 0 Å². The number of sulfonamides is 1. The first-order valence-corrected chi connectivity index (χ1v) is 9.58. The summed E-state index contributed by atoms with van der Waals surface area (Å²) in [6.45, 7) is 1.80. The van der Waals surface area contributed by atoms with E-state index < -0.39 is 26.8 Å². The van der Waals surface area contributed by atoms with E-state index in [4.69, 9.17) is 11.6 Å². The van der Waals surface area contributed by atoms with Crippen LogP contribution in [0.3, 0.4) is 0 Å². The Morgan fingerprint density at radius 2 is 1.74 bits per heavy atom. The fourth-order valence-electron chi connectivity index (χ4n) is 2.24. The van der Waals surface area contributed by atoms with Crippen LogP contribution in [0, 0.1) is 0 Å². The Bertz CT molecular complexity index is 929. The summed E-state index contributed by atoms with van der Waals surface area (Å²) in [4.78, 5) is 10.7. The summed E-state index contributed by atoms with van der Waals surface area (Å²) in [6.07, 6.45) is -4.19. The summed E-state index contributed by atoms with van der Waals surface area (Å²) in [6, 6.07) is 8.59. The molecule has 0 aliphatic rings. The van der Waals surface area contributed by atoms with Gasteiger partial charge in [0.1, 0.15) is 0 Å². The minimum Gasteiger partial charge on any atom is -0.356 e. The zero-order chi connectivity index (χ0) is 20.2. The van der Waals surface area contributed by atoms with Gasteiger partial charge in [-0.2, -0.15) is 13.2 Å². The molecule has 0 saturated carbocycles. The van der Waals surface area contributed by atoms with Crippen LogP contribution in [0.5, 0.6) is 0 Å². The summed E-state index contributed by atoms with van der Waals surface area (Å²) in [5.74, 6) is -0.167. The molecule has 146 valence electrons. The first-order chi connectivity index (χ1) is 12.5. The minimum absolute atomic E-state index is 0.103. The Labute approximate surface area is 159 Å². The molecular weight excluding hydrogens is 405 g/mol. The zero-order valence-electron chi connectivity index (χ0n) is 14.1. The molecule has 0 heterocycles. The van der Waals surface area contributed by atoms with Crippen molar-refractivity contribution in [1.29, 1.82) is 0 Å². The molecule has 0 aliphatic heterocycles. The van der Waals surface area contributed by atoms with Crippen molar-refractivity contribution in [3.63, 3.8) is 0 Å². The van der Waals surface area contributed by atoms with Crippen LogP contribution in [0.15, 0.2) is 47.4 Å². The first-order valence-electron chi connectivity index (χ1n) is 7.72. The second kappa shape index (κ2) is 8.18. The van der Waals surface area contributed by atoms with E-state index in [9.17, 15) is 26.4 Å². The zero-order valence-corrected chi connectivity index (χ0v) is 15.7. The molecule has 5 nitrogen and oxygen atoms in total. The molecule has 0 radical (unpaired) electrons. The highest BCUT2D eigenvalue weighted by Crippen LogP contribution is 2.36. The fraction of sp³-hybridized carbons (Fsp3) is 0.235. The predicted molar refractivity (Wildman–Crippen MR) is 96.1 cm³/mol. The van der Waals surface area contributed by atoms with Gasteiger partial charge in [-0.1, -0.05) is 23.7 Å². The standard InChI is InChI=1S/C17H16ClF3N2O3S/c1-11(24)22-9-8-12-2-5-14(6-3-12)27(25,26)23-13-4-7-16(18)15(10-13)17(19,20)21/h2-7,10,23H,8-9H2,1H3,(H,22,24). The van der Waals surface area contributed by atoms with Crippen LogP contribution in [-0.4, -0.2) is 20.9 Å². The number of anilines is 1. The molecule has 2 aromatic rings. The second-order valence-electron chi connectivity index (χ2n) is 5.67. The normalized spacial score (nSPS) is 11.9. The fourth-order valence-corrected chi connectivity index (χ4v) is 3.51. The maximum atomic E-state index is 12.9. The summed E-state index contributed by atoms with van der Waals surface area (Å²) < 4.78 is 65.5. The average Bonchev–Trinajstić information content (AvgIpc) is 2.55. The van der Waals surface area contributed by atoms with Crippen LogP contribution in [0.1, 0.15) is 18.1 Å². The molecule has 2 rings (SSSR count). The van der Waals surface area contributed by atoms with E-state index in [0.29, 0.717) is 19.0 Å². The second-order valence-corrected chi connectivity index (χ2v) is 7.76. The Hall–Kier alpha value is -2.26. The van der Waals surface area contributed by atoms with Gasteiger partial charge in [0.25, 0.3) is 10.0 Å². The van der Waals surface area contributed by atoms with Gasteiger partial charge in [0, 0.05) is 19.2 Å². The Balaban J connectivity index is 2.16. The summed E-state index contributed by atoms with van der Waals surface area (Å²) >= 11 is 5.52.